The molecule has 3 rings (SSSR count). The molecule has 5 nitrogen and oxygen atoms in total. The zero-order chi connectivity index (χ0) is 19.7. The van der Waals surface area contributed by atoms with Crippen LogP contribution >= 0.6 is 45.9 Å². The van der Waals surface area contributed by atoms with Crippen molar-refractivity contribution in [2.45, 2.75) is 27.3 Å². The number of rotatable bonds is 4. The van der Waals surface area contributed by atoms with E-state index in [1.54, 1.807) is 11.5 Å². The maximum absolute atomic E-state index is 12.6. The summed E-state index contributed by atoms with van der Waals surface area (Å²) < 4.78 is 8.45. The Hall–Kier alpha value is -1.67. The van der Waals surface area contributed by atoms with Crippen LogP contribution in [0.1, 0.15) is 28.4 Å². The normalized spacial score (nSPS) is 12.0. The highest BCUT2D eigenvalue weighted by Crippen LogP contribution is 2.31. The molecule has 0 N–H and O–H groups in total. The first-order valence-electron chi connectivity index (χ1n) is 8.10. The van der Waals surface area contributed by atoms with Crippen molar-refractivity contribution in [2.24, 2.45) is 4.99 Å². The van der Waals surface area contributed by atoms with Crippen molar-refractivity contribution in [1.29, 1.82) is 0 Å². The van der Waals surface area contributed by atoms with Crippen LogP contribution in [-0.2, 0) is 16.1 Å². The molecule has 0 fully saturated rings. The van der Waals surface area contributed by atoms with Gasteiger partial charge < -0.3 is 9.30 Å². The number of amides is 1. The molecular weight excluding hydrogens is 427 g/mol. The second-order valence-electron chi connectivity index (χ2n) is 5.86. The zero-order valence-corrected chi connectivity index (χ0v) is 18.0. The van der Waals surface area contributed by atoms with Crippen molar-refractivity contribution in [1.82, 2.24) is 4.57 Å². The maximum atomic E-state index is 12.6. The van der Waals surface area contributed by atoms with Crippen molar-refractivity contribution in [3.05, 3.63) is 48.4 Å². The molecule has 1 aromatic carbocycles. The third kappa shape index (κ3) is 4.27. The number of carbonyl (C=O) groups excluding carboxylic acids is 2. The van der Waals surface area contributed by atoms with E-state index in [0.717, 1.165) is 32.7 Å². The van der Waals surface area contributed by atoms with Gasteiger partial charge in [0.25, 0.3) is 5.91 Å². The number of nitrogens with zero attached hydrogens (tertiary/aromatic N) is 2. The Morgan fingerprint density at radius 1 is 1.19 bits per heavy atom. The number of thiazole rings is 1. The van der Waals surface area contributed by atoms with Gasteiger partial charge in [-0.05, 0) is 44.0 Å². The number of esters is 1. The molecule has 9 heteroatoms. The molecule has 0 aliphatic carbocycles. The lowest BCUT2D eigenvalue weighted by atomic mass is 10.1. The molecule has 142 valence electrons. The molecule has 0 unspecified atom stereocenters. The third-order valence-electron chi connectivity index (χ3n) is 3.79. The van der Waals surface area contributed by atoms with Crippen LogP contribution in [0, 0.1) is 13.8 Å². The highest BCUT2D eigenvalue weighted by molar-refractivity contribution is 7.20. The summed E-state index contributed by atoms with van der Waals surface area (Å²) in [6.07, 6.45) is 0. The summed E-state index contributed by atoms with van der Waals surface area (Å²) in [5, 5.41) is 0. The quantitative estimate of drug-likeness (QED) is 0.534. The molecule has 0 radical (unpaired) electrons. The van der Waals surface area contributed by atoms with Crippen LogP contribution in [0.4, 0.5) is 0 Å². The van der Waals surface area contributed by atoms with Crippen molar-refractivity contribution < 1.29 is 14.3 Å². The van der Waals surface area contributed by atoms with E-state index in [9.17, 15) is 9.59 Å². The first-order chi connectivity index (χ1) is 12.8. The second-order valence-corrected chi connectivity index (χ2v) is 9.12. The van der Waals surface area contributed by atoms with Crippen molar-refractivity contribution in [3.63, 3.8) is 0 Å². The molecule has 2 heterocycles. The van der Waals surface area contributed by atoms with Gasteiger partial charge in [0.05, 0.1) is 26.7 Å². The molecule has 2 aromatic heterocycles. The standard InChI is InChI=1S/C18H16Cl2N2O3S2/c1-4-25-14(23)8-22-12-6-9(2)5-10(3)15(12)27-18(22)21-17(24)11-7-13(19)26-16(11)20/h5-7H,4,8H2,1-3H3. The Kier molecular flexibility index (Phi) is 6.05. The van der Waals surface area contributed by atoms with E-state index in [2.05, 4.69) is 11.1 Å². The van der Waals surface area contributed by atoms with E-state index < -0.39 is 5.91 Å². The van der Waals surface area contributed by atoms with Gasteiger partial charge in [-0.3, -0.25) is 9.59 Å². The molecule has 0 saturated heterocycles. The molecular formula is C18H16Cl2N2O3S2. The number of ether oxygens (including phenoxy) is 1. The number of halogens is 2. The van der Waals surface area contributed by atoms with Gasteiger partial charge in [-0.25, -0.2) is 0 Å². The Bertz CT molecular complexity index is 1110. The Morgan fingerprint density at radius 2 is 1.93 bits per heavy atom. The van der Waals surface area contributed by atoms with Crippen LogP contribution in [0.3, 0.4) is 0 Å². The van der Waals surface area contributed by atoms with Crippen molar-refractivity contribution in [2.75, 3.05) is 6.61 Å². The molecule has 0 saturated carbocycles. The van der Waals surface area contributed by atoms with Gasteiger partial charge in [0.2, 0.25) is 0 Å². The van der Waals surface area contributed by atoms with E-state index >= 15 is 0 Å². The number of carbonyl (C=O) groups is 2. The monoisotopic (exact) mass is 442 g/mol. The summed E-state index contributed by atoms with van der Waals surface area (Å²) in [6.45, 7) is 5.98. The van der Waals surface area contributed by atoms with Gasteiger partial charge in [0, 0.05) is 0 Å². The molecule has 0 bridgehead atoms. The third-order valence-corrected chi connectivity index (χ3v) is 6.51. The lowest BCUT2D eigenvalue weighted by molar-refractivity contribution is -0.143. The van der Waals surface area contributed by atoms with Crippen LogP contribution in [0.2, 0.25) is 8.67 Å². The number of thiophene rings is 1. The van der Waals surface area contributed by atoms with Crippen LogP contribution in [0.15, 0.2) is 23.2 Å². The highest BCUT2D eigenvalue weighted by Gasteiger charge is 2.17. The fourth-order valence-corrected chi connectivity index (χ4v) is 5.25. The number of hydrogen-bond donors (Lipinski definition) is 0. The van der Waals surface area contributed by atoms with Gasteiger partial charge >= 0.3 is 5.97 Å². The molecule has 27 heavy (non-hydrogen) atoms. The summed E-state index contributed by atoms with van der Waals surface area (Å²) >= 11 is 14.5. The fourth-order valence-electron chi connectivity index (χ4n) is 2.72. The Labute approximate surface area is 173 Å². The SMILES string of the molecule is CCOC(=O)Cn1c(=NC(=O)c2cc(Cl)sc2Cl)sc2c(C)cc(C)cc21. The number of benzene rings is 1. The fraction of sp³-hybridized carbons (Fsp3) is 0.278. The van der Waals surface area contributed by atoms with Crippen LogP contribution < -0.4 is 4.80 Å². The van der Waals surface area contributed by atoms with E-state index in [-0.39, 0.29) is 24.7 Å². The first-order valence-corrected chi connectivity index (χ1v) is 10.5. The number of aromatic nitrogens is 1. The Balaban J connectivity index is 2.18. The molecule has 0 atom stereocenters. The van der Waals surface area contributed by atoms with Gasteiger partial charge in [0.1, 0.15) is 10.9 Å². The van der Waals surface area contributed by atoms with Crippen LogP contribution in [-0.4, -0.2) is 23.1 Å². The van der Waals surface area contributed by atoms with Crippen LogP contribution in [0.5, 0.6) is 0 Å². The number of fused-ring (bicyclic) bond motifs is 1. The minimum Gasteiger partial charge on any atom is -0.465 e. The molecule has 0 spiro atoms. The predicted octanol–water partition coefficient (Wildman–Crippen LogP) is 4.99. The van der Waals surface area contributed by atoms with Gasteiger partial charge in [-0.15, -0.1) is 11.3 Å². The topological polar surface area (TPSA) is 60.7 Å². The summed E-state index contributed by atoms with van der Waals surface area (Å²) in [5.41, 5.74) is 3.20. The van der Waals surface area contributed by atoms with Crippen LogP contribution in [0.25, 0.3) is 10.2 Å². The van der Waals surface area contributed by atoms with Gasteiger partial charge in [0.15, 0.2) is 4.80 Å². The highest BCUT2D eigenvalue weighted by atomic mass is 35.5. The molecule has 3 aromatic rings. The summed E-state index contributed by atoms with van der Waals surface area (Å²) in [5.74, 6) is -0.886. The van der Waals surface area contributed by atoms with E-state index in [1.165, 1.54) is 17.4 Å². The predicted molar refractivity (Wildman–Crippen MR) is 110 cm³/mol. The molecule has 0 aliphatic rings. The van der Waals surface area contributed by atoms with Crippen molar-refractivity contribution >= 4 is 68.0 Å². The smallest absolute Gasteiger partial charge is 0.326 e. The lowest BCUT2D eigenvalue weighted by Crippen LogP contribution is -2.23. The minimum absolute atomic E-state index is 0.0268. The number of hydrogen-bond acceptors (Lipinski definition) is 5. The van der Waals surface area contributed by atoms with E-state index in [1.807, 2.05) is 19.9 Å². The minimum atomic E-state index is -0.498. The summed E-state index contributed by atoms with van der Waals surface area (Å²) in [6, 6.07) is 5.52. The first kappa shape index (κ1) is 20.1. The number of aryl methyl sites for hydroxylation is 2. The van der Waals surface area contributed by atoms with Gasteiger partial charge in [-0.2, -0.15) is 4.99 Å². The van der Waals surface area contributed by atoms with Gasteiger partial charge in [-0.1, -0.05) is 40.6 Å². The maximum Gasteiger partial charge on any atom is 0.326 e. The molecule has 1 amide bonds. The van der Waals surface area contributed by atoms with E-state index in [4.69, 9.17) is 27.9 Å². The largest absolute Gasteiger partial charge is 0.465 e. The summed E-state index contributed by atoms with van der Waals surface area (Å²) in [4.78, 5) is 29.3. The Morgan fingerprint density at radius 3 is 2.56 bits per heavy atom. The second kappa shape index (κ2) is 8.14. The lowest BCUT2D eigenvalue weighted by Gasteiger charge is -2.06. The summed E-state index contributed by atoms with van der Waals surface area (Å²) in [7, 11) is 0. The molecule has 0 aliphatic heterocycles. The average Bonchev–Trinajstić information content (AvgIpc) is 3.08. The van der Waals surface area contributed by atoms with Crippen molar-refractivity contribution in [3.8, 4) is 0 Å². The van der Waals surface area contributed by atoms with E-state index in [0.29, 0.717) is 13.5 Å². The zero-order valence-electron chi connectivity index (χ0n) is 14.8. The average molecular weight is 443 g/mol.